The Labute approximate surface area is 145 Å². The first-order valence-electron chi connectivity index (χ1n) is 6.85. The number of nitrogens with one attached hydrogen (secondary N) is 1. The fourth-order valence-corrected chi connectivity index (χ4v) is 3.07. The summed E-state index contributed by atoms with van der Waals surface area (Å²) in [7, 11) is 0. The third-order valence-electron chi connectivity index (χ3n) is 3.40. The summed E-state index contributed by atoms with van der Waals surface area (Å²) in [5.41, 5.74) is 1.12. The number of carbonyl (C=O) groups excluding carboxylic acids is 1. The molecule has 3 nitrogen and oxygen atoms in total. The highest BCUT2D eigenvalue weighted by Gasteiger charge is 2.33. The number of anilines is 1. The molecule has 0 fully saturated rings. The summed E-state index contributed by atoms with van der Waals surface area (Å²) in [4.78, 5) is 16.3. The van der Waals surface area contributed by atoms with Crippen molar-refractivity contribution in [2.45, 2.75) is 26.4 Å². The average Bonchev–Trinajstić information content (AvgIpc) is 2.48. The largest absolute Gasteiger partial charge is 0.417 e. The molecular formula is C16H14F3IN2O. The van der Waals surface area contributed by atoms with E-state index in [0.29, 0.717) is 17.5 Å². The van der Waals surface area contributed by atoms with Crippen LogP contribution in [0.3, 0.4) is 0 Å². The molecule has 2 rings (SSSR count). The molecule has 0 saturated heterocycles. The first kappa shape index (κ1) is 17.7. The second-order valence-electron chi connectivity index (χ2n) is 4.99. The second-order valence-corrected chi connectivity index (χ2v) is 6.15. The van der Waals surface area contributed by atoms with Crippen LogP contribution in [0, 0.1) is 10.5 Å². The predicted molar refractivity (Wildman–Crippen MR) is 90.5 cm³/mol. The molecule has 0 spiro atoms. The van der Waals surface area contributed by atoms with Crippen LogP contribution in [0.15, 0.2) is 30.6 Å². The number of alkyl halides is 3. The lowest BCUT2D eigenvalue weighted by atomic mass is 10.1. The number of rotatable bonds is 3. The van der Waals surface area contributed by atoms with Crippen LogP contribution in [0.5, 0.6) is 0 Å². The summed E-state index contributed by atoms with van der Waals surface area (Å²) in [6, 6.07) is 3.94. The summed E-state index contributed by atoms with van der Waals surface area (Å²) in [6.45, 7) is 3.54. The fraction of sp³-hybridized carbons (Fsp3) is 0.250. The molecule has 0 saturated carbocycles. The lowest BCUT2D eigenvalue weighted by Gasteiger charge is -2.15. The molecule has 1 N–H and O–H groups in total. The number of carbonyl (C=O) groups is 1. The van der Waals surface area contributed by atoms with Crippen molar-refractivity contribution in [3.05, 3.63) is 56.4 Å². The molecule has 0 radical (unpaired) electrons. The standard InChI is InChI=1S/C16H14F3IN2O/c1-3-10-8-21-5-4-11(10)15(23)22-14-7-12(16(17,18)19)13(20)6-9(14)2/h4-8H,3H2,1-2H3,(H,22,23). The normalized spacial score (nSPS) is 11.4. The molecule has 122 valence electrons. The van der Waals surface area contributed by atoms with Crippen LogP contribution in [-0.2, 0) is 12.6 Å². The molecule has 0 aliphatic heterocycles. The van der Waals surface area contributed by atoms with Crippen LogP contribution in [0.25, 0.3) is 0 Å². The van der Waals surface area contributed by atoms with Gasteiger partial charge in [-0.2, -0.15) is 13.2 Å². The van der Waals surface area contributed by atoms with E-state index in [-0.39, 0.29) is 9.26 Å². The van der Waals surface area contributed by atoms with Crippen LogP contribution in [-0.4, -0.2) is 10.9 Å². The zero-order chi connectivity index (χ0) is 17.2. The van der Waals surface area contributed by atoms with E-state index in [1.165, 1.54) is 12.3 Å². The van der Waals surface area contributed by atoms with E-state index >= 15 is 0 Å². The smallest absolute Gasteiger partial charge is 0.322 e. The molecule has 0 atom stereocenters. The number of pyridine rings is 1. The molecule has 0 bridgehead atoms. The van der Waals surface area contributed by atoms with Crippen LogP contribution >= 0.6 is 22.6 Å². The predicted octanol–water partition coefficient (Wildman–Crippen LogP) is 4.83. The fourth-order valence-electron chi connectivity index (χ4n) is 2.14. The van der Waals surface area contributed by atoms with Crippen molar-refractivity contribution in [2.75, 3.05) is 5.32 Å². The van der Waals surface area contributed by atoms with Crippen molar-refractivity contribution in [1.82, 2.24) is 4.98 Å². The van der Waals surface area contributed by atoms with Gasteiger partial charge in [-0.1, -0.05) is 6.92 Å². The van der Waals surface area contributed by atoms with E-state index in [1.807, 2.05) is 6.92 Å². The van der Waals surface area contributed by atoms with Gasteiger partial charge in [0.2, 0.25) is 0 Å². The maximum Gasteiger partial charge on any atom is 0.417 e. The minimum atomic E-state index is -4.46. The highest BCUT2D eigenvalue weighted by molar-refractivity contribution is 14.1. The van der Waals surface area contributed by atoms with Gasteiger partial charge >= 0.3 is 6.18 Å². The lowest BCUT2D eigenvalue weighted by Crippen LogP contribution is -2.16. The van der Waals surface area contributed by atoms with E-state index in [1.54, 1.807) is 41.8 Å². The molecule has 1 aromatic heterocycles. The molecule has 7 heteroatoms. The van der Waals surface area contributed by atoms with Crippen LogP contribution in [0.1, 0.15) is 34.0 Å². The Balaban J connectivity index is 2.38. The van der Waals surface area contributed by atoms with Crippen molar-refractivity contribution in [3.8, 4) is 0 Å². The summed E-state index contributed by atoms with van der Waals surface area (Å²) < 4.78 is 39.1. The number of hydrogen-bond donors (Lipinski definition) is 1. The average molecular weight is 434 g/mol. The highest BCUT2D eigenvalue weighted by atomic mass is 127. The van der Waals surface area contributed by atoms with Crippen molar-refractivity contribution in [3.63, 3.8) is 0 Å². The van der Waals surface area contributed by atoms with Gasteiger partial charge in [0, 0.05) is 27.2 Å². The number of benzene rings is 1. The monoisotopic (exact) mass is 434 g/mol. The molecule has 23 heavy (non-hydrogen) atoms. The molecule has 0 unspecified atom stereocenters. The third-order valence-corrected chi connectivity index (χ3v) is 4.29. The van der Waals surface area contributed by atoms with Crippen molar-refractivity contribution in [2.24, 2.45) is 0 Å². The van der Waals surface area contributed by atoms with Crippen LogP contribution in [0.4, 0.5) is 18.9 Å². The van der Waals surface area contributed by atoms with Gasteiger partial charge in [-0.25, -0.2) is 0 Å². The van der Waals surface area contributed by atoms with Gasteiger partial charge in [0.05, 0.1) is 5.56 Å². The van der Waals surface area contributed by atoms with Crippen LogP contribution < -0.4 is 5.32 Å². The lowest BCUT2D eigenvalue weighted by molar-refractivity contribution is -0.138. The molecule has 1 aromatic carbocycles. The van der Waals surface area contributed by atoms with Gasteiger partial charge in [0.15, 0.2) is 0 Å². The van der Waals surface area contributed by atoms with Gasteiger partial charge in [0.1, 0.15) is 0 Å². The zero-order valence-corrected chi connectivity index (χ0v) is 14.6. The Morgan fingerprint density at radius 3 is 2.65 bits per heavy atom. The Morgan fingerprint density at radius 1 is 1.35 bits per heavy atom. The Morgan fingerprint density at radius 2 is 2.04 bits per heavy atom. The van der Waals surface area contributed by atoms with Gasteiger partial charge < -0.3 is 5.32 Å². The molecular weight excluding hydrogens is 420 g/mol. The number of aryl methyl sites for hydroxylation is 2. The number of halogens is 4. The molecule has 0 aliphatic rings. The highest BCUT2D eigenvalue weighted by Crippen LogP contribution is 2.36. The van der Waals surface area contributed by atoms with Crippen molar-refractivity contribution < 1.29 is 18.0 Å². The summed E-state index contributed by atoms with van der Waals surface area (Å²) >= 11 is 1.64. The number of hydrogen-bond acceptors (Lipinski definition) is 2. The number of nitrogens with zero attached hydrogens (tertiary/aromatic N) is 1. The maximum absolute atomic E-state index is 13.0. The Kier molecular flexibility index (Phi) is 5.28. The van der Waals surface area contributed by atoms with E-state index < -0.39 is 17.6 Å². The quantitative estimate of drug-likeness (QED) is 0.704. The Hall–Kier alpha value is -1.64. The van der Waals surface area contributed by atoms with Gasteiger partial charge in [0.25, 0.3) is 5.91 Å². The molecule has 2 aromatic rings. The van der Waals surface area contributed by atoms with Gasteiger partial charge in [-0.05, 0) is 65.3 Å². The van der Waals surface area contributed by atoms with E-state index in [0.717, 1.165) is 11.6 Å². The summed E-state index contributed by atoms with van der Waals surface area (Å²) in [5, 5.41) is 2.57. The van der Waals surface area contributed by atoms with E-state index in [9.17, 15) is 18.0 Å². The molecule has 0 aliphatic carbocycles. The van der Waals surface area contributed by atoms with E-state index in [2.05, 4.69) is 10.3 Å². The summed E-state index contributed by atoms with van der Waals surface area (Å²) in [6.07, 6.45) is -0.794. The molecule has 1 heterocycles. The zero-order valence-electron chi connectivity index (χ0n) is 12.5. The van der Waals surface area contributed by atoms with E-state index in [4.69, 9.17) is 0 Å². The third kappa shape index (κ3) is 4.01. The second kappa shape index (κ2) is 6.86. The number of aromatic nitrogens is 1. The minimum Gasteiger partial charge on any atom is -0.322 e. The number of amides is 1. The SMILES string of the molecule is CCc1cnccc1C(=O)Nc1cc(C(F)(F)F)c(I)cc1C. The first-order valence-corrected chi connectivity index (χ1v) is 7.93. The van der Waals surface area contributed by atoms with Gasteiger partial charge in [-0.3, -0.25) is 9.78 Å². The van der Waals surface area contributed by atoms with Crippen molar-refractivity contribution >= 4 is 34.2 Å². The van der Waals surface area contributed by atoms with Crippen LogP contribution in [0.2, 0.25) is 0 Å². The van der Waals surface area contributed by atoms with Gasteiger partial charge in [-0.15, -0.1) is 0 Å². The minimum absolute atomic E-state index is 0.101. The van der Waals surface area contributed by atoms with Crippen molar-refractivity contribution in [1.29, 1.82) is 0 Å². The maximum atomic E-state index is 13.0. The summed E-state index contributed by atoms with van der Waals surface area (Å²) in [5.74, 6) is -0.443. The first-order chi connectivity index (χ1) is 10.7. The topological polar surface area (TPSA) is 42.0 Å². The Bertz CT molecular complexity index is 745. The molecule has 1 amide bonds.